The fraction of sp³-hybridized carbons (Fsp3) is 0.395. The zero-order chi connectivity index (χ0) is 45.7. The third-order valence-electron chi connectivity index (χ3n) is 11.2. The highest BCUT2D eigenvalue weighted by Gasteiger charge is 2.25. The molecule has 1 saturated heterocycles. The average molecular weight is 895 g/mol. The van der Waals surface area contributed by atoms with Gasteiger partial charge in [-0.15, -0.1) is 0 Å². The molecule has 9 N–H and O–H groups in total. The molecule has 1 aliphatic rings. The van der Waals surface area contributed by atoms with Crippen LogP contribution in [0.25, 0.3) is 22.1 Å². The number of likely N-dealkylation sites (tertiary alicyclic amines) is 1. The third kappa shape index (κ3) is 9.70. The van der Waals surface area contributed by atoms with Gasteiger partial charge in [-0.2, -0.15) is 5.10 Å². The first-order valence-electron chi connectivity index (χ1n) is 21.1. The molecule has 0 radical (unpaired) electrons. The van der Waals surface area contributed by atoms with Gasteiger partial charge in [0.15, 0.2) is 5.13 Å². The van der Waals surface area contributed by atoms with Gasteiger partial charge in [-0.25, -0.2) is 15.0 Å². The van der Waals surface area contributed by atoms with Gasteiger partial charge in [0.2, 0.25) is 23.7 Å². The van der Waals surface area contributed by atoms with Crippen molar-refractivity contribution >= 4 is 74.1 Å². The average Bonchev–Trinajstić information content (AvgIpc) is 4.05. The quantitative estimate of drug-likeness (QED) is 0.0498. The first-order valence-corrected chi connectivity index (χ1v) is 22.0. The van der Waals surface area contributed by atoms with Crippen molar-refractivity contribution in [1.82, 2.24) is 44.1 Å². The van der Waals surface area contributed by atoms with Gasteiger partial charge in [0.05, 0.1) is 36.1 Å². The molecule has 0 atom stereocenters. The van der Waals surface area contributed by atoms with Crippen LogP contribution in [0.5, 0.6) is 11.5 Å². The lowest BCUT2D eigenvalue weighted by molar-refractivity contribution is 0.0991. The number of nitrogens with zero attached hydrogens (tertiary/aromatic N) is 8. The molecule has 1 fully saturated rings. The number of nitrogens with two attached hydrogens (primary N) is 3. The largest absolute Gasteiger partial charge is 0.494 e. The number of nitrogen functional groups attached to an aromatic ring is 1. The summed E-state index contributed by atoms with van der Waals surface area (Å²) in [4.78, 5) is 69.0. The number of fused-ring (bicyclic) bond motifs is 2. The smallest absolute Gasteiger partial charge is 0.276 e. The number of carbonyl (C=O) groups is 4. The number of carbonyl (C=O) groups excluding carboxylic acids is 4. The van der Waals surface area contributed by atoms with Crippen LogP contribution in [0.3, 0.4) is 0 Å². The van der Waals surface area contributed by atoms with E-state index < -0.39 is 23.6 Å². The van der Waals surface area contributed by atoms with E-state index in [0.29, 0.717) is 81.1 Å². The summed E-state index contributed by atoms with van der Waals surface area (Å²) in [5.74, 6) is -1.15. The second kappa shape index (κ2) is 19.7. The van der Waals surface area contributed by atoms with Crippen molar-refractivity contribution in [3.63, 3.8) is 0 Å². The minimum atomic E-state index is -0.668. The van der Waals surface area contributed by atoms with Gasteiger partial charge >= 0.3 is 0 Å². The maximum absolute atomic E-state index is 13.8. The molecule has 4 aromatic heterocycles. The molecule has 5 heterocycles. The van der Waals surface area contributed by atoms with Crippen LogP contribution < -0.4 is 42.6 Å². The van der Waals surface area contributed by atoms with Crippen LogP contribution in [0.1, 0.15) is 85.4 Å². The Morgan fingerprint density at radius 1 is 0.859 bits per heavy atom. The number of allylic oxidation sites excluding steroid dienone is 2. The SMILES string of the molecule is CCc1nc(N)sc1C(=O)Nc1nc2cc(C(N)=O)cc(OCCCN3CCC(NC)CC3)c2n1C/C=C/Cn1c(NC(=O)c2cc(C)nn2CC)nc2cc(C(N)=O)cc(OC)c21. The second-order valence-electron chi connectivity index (χ2n) is 15.4. The normalized spacial score (nSPS) is 13.6. The van der Waals surface area contributed by atoms with E-state index in [9.17, 15) is 19.2 Å². The van der Waals surface area contributed by atoms with Crippen molar-refractivity contribution in [2.45, 2.75) is 72.1 Å². The molecule has 0 aliphatic carbocycles. The van der Waals surface area contributed by atoms with E-state index in [1.807, 2.05) is 33.0 Å². The zero-order valence-electron chi connectivity index (χ0n) is 36.6. The number of primary amides is 2. The molecule has 338 valence electrons. The van der Waals surface area contributed by atoms with Gasteiger partial charge in [0.25, 0.3) is 11.8 Å². The highest BCUT2D eigenvalue weighted by atomic mass is 32.1. The molecule has 0 saturated carbocycles. The Balaban J connectivity index is 1.24. The van der Waals surface area contributed by atoms with Gasteiger partial charge in [-0.3, -0.25) is 34.5 Å². The molecule has 0 unspecified atom stereocenters. The Hall–Kier alpha value is -6.84. The summed E-state index contributed by atoms with van der Waals surface area (Å²) in [6.45, 7) is 9.57. The number of aromatic nitrogens is 7. The summed E-state index contributed by atoms with van der Waals surface area (Å²) in [6.07, 6.45) is 7.09. The summed E-state index contributed by atoms with van der Waals surface area (Å²) in [5, 5.41) is 13.9. The summed E-state index contributed by atoms with van der Waals surface area (Å²) in [6, 6.07) is 8.44. The fourth-order valence-electron chi connectivity index (χ4n) is 7.91. The Morgan fingerprint density at radius 2 is 1.45 bits per heavy atom. The van der Waals surface area contributed by atoms with Crippen molar-refractivity contribution in [2.24, 2.45) is 11.5 Å². The molecule has 20 nitrogen and oxygen atoms in total. The standard InChI is InChI=1S/C43H54N14O6S/c1-6-28-36(64-41(46)48-28)40(61)52-43-50-30-21-26(38(45)59)23-33(63-18-10-13-54-16-11-27(47-4)12-17-54)35(30)56(43)15-9-8-14-55-34-29(20-25(37(44)58)22-32(34)62-5)49-42(55)51-39(60)31-19-24(3)53-57(31)7-2/h8-9,19-23,27,47H,6-7,10-18H2,1-5H3,(H2,44,58)(H2,45,59)(H2,46,48)(H,49,51,60)(H,50,52,61)/b9-8+. The maximum atomic E-state index is 13.8. The van der Waals surface area contributed by atoms with Crippen LogP contribution in [0.2, 0.25) is 0 Å². The molecule has 64 heavy (non-hydrogen) atoms. The van der Waals surface area contributed by atoms with Crippen molar-refractivity contribution in [1.29, 1.82) is 0 Å². The Labute approximate surface area is 373 Å². The molecule has 7 rings (SSSR count). The Morgan fingerprint density at radius 3 is 2.02 bits per heavy atom. The van der Waals surface area contributed by atoms with Crippen molar-refractivity contribution in [2.75, 3.05) is 56.8 Å². The number of amides is 4. The lowest BCUT2D eigenvalue weighted by atomic mass is 10.1. The number of hydrogen-bond donors (Lipinski definition) is 6. The lowest BCUT2D eigenvalue weighted by Gasteiger charge is -2.31. The summed E-state index contributed by atoms with van der Waals surface area (Å²) in [5.41, 5.74) is 21.2. The van der Waals surface area contributed by atoms with Gasteiger partial charge in [-0.1, -0.05) is 30.4 Å². The number of rotatable bonds is 19. The van der Waals surface area contributed by atoms with E-state index >= 15 is 0 Å². The topological polar surface area (TPSA) is 270 Å². The van der Waals surface area contributed by atoms with Gasteiger partial charge in [0.1, 0.15) is 33.1 Å². The molecular formula is C43H54N14O6S. The van der Waals surface area contributed by atoms with Crippen molar-refractivity contribution in [3.05, 3.63) is 75.6 Å². The molecule has 2 aromatic carbocycles. The predicted octanol–water partition coefficient (Wildman–Crippen LogP) is 3.93. The molecule has 1 aliphatic heterocycles. The fourth-order valence-corrected chi connectivity index (χ4v) is 8.73. The minimum Gasteiger partial charge on any atom is -0.494 e. The van der Waals surface area contributed by atoms with Gasteiger partial charge in [0, 0.05) is 43.3 Å². The van der Waals surface area contributed by atoms with E-state index in [4.69, 9.17) is 36.6 Å². The van der Waals surface area contributed by atoms with Crippen LogP contribution in [0, 0.1) is 6.92 Å². The number of hydrogen-bond acceptors (Lipinski definition) is 14. The van der Waals surface area contributed by atoms with Gasteiger partial charge in [-0.05, 0) is 90.0 Å². The molecule has 21 heteroatoms. The molecule has 0 spiro atoms. The van der Waals surface area contributed by atoms with E-state index in [1.165, 1.54) is 19.2 Å². The van der Waals surface area contributed by atoms with Crippen LogP contribution in [0.15, 0.2) is 42.5 Å². The minimum absolute atomic E-state index is 0.163. The second-order valence-corrected chi connectivity index (χ2v) is 16.4. The number of thiazole rings is 1. The maximum Gasteiger partial charge on any atom is 0.276 e. The van der Waals surface area contributed by atoms with Crippen molar-refractivity contribution < 1.29 is 28.7 Å². The summed E-state index contributed by atoms with van der Waals surface area (Å²) >= 11 is 1.08. The predicted molar refractivity (Wildman–Crippen MR) is 245 cm³/mol. The first kappa shape index (κ1) is 45.2. The van der Waals surface area contributed by atoms with E-state index in [-0.39, 0.29) is 41.2 Å². The van der Waals surface area contributed by atoms with E-state index in [0.717, 1.165) is 50.2 Å². The third-order valence-corrected chi connectivity index (χ3v) is 12.1. The zero-order valence-corrected chi connectivity index (χ0v) is 37.4. The van der Waals surface area contributed by atoms with Crippen molar-refractivity contribution in [3.8, 4) is 11.5 Å². The van der Waals surface area contributed by atoms with E-state index in [2.05, 4.69) is 30.9 Å². The monoisotopic (exact) mass is 894 g/mol. The summed E-state index contributed by atoms with van der Waals surface area (Å²) < 4.78 is 17.3. The molecular weight excluding hydrogens is 841 g/mol. The van der Waals surface area contributed by atoms with Gasteiger partial charge < -0.3 is 46.0 Å². The van der Waals surface area contributed by atoms with Crippen LogP contribution in [-0.2, 0) is 26.1 Å². The van der Waals surface area contributed by atoms with E-state index in [1.54, 1.807) is 38.9 Å². The molecule has 4 amide bonds. The molecule has 6 aromatic rings. The van der Waals surface area contributed by atoms with Crippen LogP contribution in [-0.4, -0.2) is 109 Å². The highest BCUT2D eigenvalue weighted by Crippen LogP contribution is 2.34. The number of aryl methyl sites for hydroxylation is 3. The number of anilines is 3. The lowest BCUT2D eigenvalue weighted by Crippen LogP contribution is -2.41. The number of imidazole rings is 2. The molecule has 0 bridgehead atoms. The Bertz CT molecular complexity index is 2740. The van der Waals surface area contributed by atoms with Crippen LogP contribution in [0.4, 0.5) is 17.0 Å². The first-order chi connectivity index (χ1) is 30.8. The number of benzene rings is 2. The summed E-state index contributed by atoms with van der Waals surface area (Å²) in [7, 11) is 3.46. The number of ether oxygens (including phenoxy) is 2. The number of piperidine rings is 1. The number of nitrogens with one attached hydrogen (secondary N) is 3. The highest BCUT2D eigenvalue weighted by molar-refractivity contribution is 7.17. The number of methoxy groups -OCH3 is 1. The Kier molecular flexibility index (Phi) is 13.9. The van der Waals surface area contributed by atoms with Crippen LogP contribution >= 0.6 is 11.3 Å².